The molecule has 0 spiro atoms. The average Bonchev–Trinajstić information content (AvgIpc) is 2.44. The predicted molar refractivity (Wildman–Crippen MR) is 80.1 cm³/mol. The first-order valence-electron chi connectivity index (χ1n) is 7.09. The van der Waals surface area contributed by atoms with Crippen LogP contribution in [0.3, 0.4) is 0 Å². The zero-order valence-corrected chi connectivity index (χ0v) is 13.0. The quantitative estimate of drug-likeness (QED) is 0.834. The monoisotopic (exact) mass is 279 g/mol. The molecule has 1 aromatic carbocycles. The molecular formula is C16H25NO3. The van der Waals surface area contributed by atoms with Crippen LogP contribution in [-0.4, -0.2) is 25.2 Å². The largest absolute Gasteiger partial charge is 0.497 e. The molecule has 1 rings (SSSR count). The van der Waals surface area contributed by atoms with E-state index in [2.05, 4.69) is 19.2 Å². The molecule has 0 aliphatic rings. The second-order valence-corrected chi connectivity index (χ2v) is 5.24. The van der Waals surface area contributed by atoms with Gasteiger partial charge in [-0.2, -0.15) is 0 Å². The van der Waals surface area contributed by atoms with E-state index in [9.17, 15) is 4.79 Å². The maximum absolute atomic E-state index is 12.2. The molecule has 0 aromatic heterocycles. The van der Waals surface area contributed by atoms with Crippen molar-refractivity contribution in [3.63, 3.8) is 0 Å². The Kier molecular flexibility index (Phi) is 6.36. The Labute approximate surface area is 121 Å². The van der Waals surface area contributed by atoms with Crippen molar-refractivity contribution in [3.05, 3.63) is 24.3 Å². The van der Waals surface area contributed by atoms with Crippen LogP contribution in [0.15, 0.2) is 24.3 Å². The van der Waals surface area contributed by atoms with Gasteiger partial charge in [0.15, 0.2) is 6.10 Å². The zero-order chi connectivity index (χ0) is 15.1. The SMILES string of the molecule is CCC(Oc1cccc(OC)c1)C(=O)NC(C)C(C)C. The van der Waals surface area contributed by atoms with Crippen LogP contribution in [0, 0.1) is 5.92 Å². The molecule has 1 N–H and O–H groups in total. The summed E-state index contributed by atoms with van der Waals surface area (Å²) >= 11 is 0. The van der Waals surface area contributed by atoms with Gasteiger partial charge in [-0.05, 0) is 31.4 Å². The maximum atomic E-state index is 12.2. The van der Waals surface area contributed by atoms with Crippen LogP contribution in [0.1, 0.15) is 34.1 Å². The lowest BCUT2D eigenvalue weighted by molar-refractivity contribution is -0.129. The van der Waals surface area contributed by atoms with E-state index in [4.69, 9.17) is 9.47 Å². The molecule has 0 saturated heterocycles. The van der Waals surface area contributed by atoms with E-state index in [1.807, 2.05) is 32.0 Å². The van der Waals surface area contributed by atoms with E-state index >= 15 is 0 Å². The Hall–Kier alpha value is -1.71. The molecule has 2 atom stereocenters. The number of benzene rings is 1. The highest BCUT2D eigenvalue weighted by atomic mass is 16.5. The van der Waals surface area contributed by atoms with Gasteiger partial charge in [-0.1, -0.05) is 26.8 Å². The highest BCUT2D eigenvalue weighted by Crippen LogP contribution is 2.20. The summed E-state index contributed by atoms with van der Waals surface area (Å²) in [6.45, 7) is 8.09. The van der Waals surface area contributed by atoms with Crippen LogP contribution < -0.4 is 14.8 Å². The summed E-state index contributed by atoms with van der Waals surface area (Å²) in [6.07, 6.45) is 0.136. The maximum Gasteiger partial charge on any atom is 0.261 e. The molecule has 0 radical (unpaired) electrons. The summed E-state index contributed by atoms with van der Waals surface area (Å²) < 4.78 is 10.9. The first-order valence-corrected chi connectivity index (χ1v) is 7.09. The molecule has 1 amide bonds. The van der Waals surface area contributed by atoms with Crippen molar-refractivity contribution in [2.24, 2.45) is 5.92 Å². The van der Waals surface area contributed by atoms with E-state index in [-0.39, 0.29) is 11.9 Å². The van der Waals surface area contributed by atoms with Crippen LogP contribution in [0.25, 0.3) is 0 Å². The van der Waals surface area contributed by atoms with Gasteiger partial charge in [0.2, 0.25) is 0 Å². The van der Waals surface area contributed by atoms with Gasteiger partial charge in [-0.15, -0.1) is 0 Å². The molecule has 0 bridgehead atoms. The lowest BCUT2D eigenvalue weighted by Crippen LogP contribution is -2.44. The van der Waals surface area contributed by atoms with Crippen LogP contribution in [0.4, 0.5) is 0 Å². The molecule has 0 aliphatic heterocycles. The third kappa shape index (κ3) is 4.76. The Morgan fingerprint density at radius 1 is 1.25 bits per heavy atom. The first kappa shape index (κ1) is 16.3. The smallest absolute Gasteiger partial charge is 0.261 e. The minimum absolute atomic E-state index is 0.0727. The molecule has 0 fully saturated rings. The fourth-order valence-electron chi connectivity index (χ4n) is 1.65. The summed E-state index contributed by atoms with van der Waals surface area (Å²) in [5.74, 6) is 1.68. The van der Waals surface area contributed by atoms with E-state index in [0.29, 0.717) is 23.8 Å². The standard InChI is InChI=1S/C16H25NO3/c1-6-15(16(18)17-12(4)11(2)3)20-14-9-7-8-13(10-14)19-5/h7-12,15H,6H2,1-5H3,(H,17,18). The fraction of sp³-hybridized carbons (Fsp3) is 0.562. The Morgan fingerprint density at radius 2 is 1.90 bits per heavy atom. The average molecular weight is 279 g/mol. The van der Waals surface area contributed by atoms with Crippen molar-refractivity contribution in [1.29, 1.82) is 0 Å². The normalized spacial score (nSPS) is 13.7. The summed E-state index contributed by atoms with van der Waals surface area (Å²) in [7, 11) is 1.60. The Balaban J connectivity index is 2.68. The van der Waals surface area contributed by atoms with Crippen molar-refractivity contribution in [2.45, 2.75) is 46.3 Å². The molecule has 1 aromatic rings. The molecule has 112 valence electrons. The summed E-state index contributed by atoms with van der Waals surface area (Å²) in [6, 6.07) is 7.42. The molecular weight excluding hydrogens is 254 g/mol. The number of amides is 1. The van der Waals surface area contributed by atoms with Gasteiger partial charge >= 0.3 is 0 Å². The highest BCUT2D eigenvalue weighted by Gasteiger charge is 2.21. The minimum atomic E-state index is -0.483. The van der Waals surface area contributed by atoms with Crippen molar-refractivity contribution in [2.75, 3.05) is 7.11 Å². The van der Waals surface area contributed by atoms with Gasteiger partial charge in [0.1, 0.15) is 11.5 Å². The van der Waals surface area contributed by atoms with Gasteiger partial charge in [-0.25, -0.2) is 0 Å². The molecule has 2 unspecified atom stereocenters. The van der Waals surface area contributed by atoms with Gasteiger partial charge in [0.25, 0.3) is 5.91 Å². The van der Waals surface area contributed by atoms with Crippen LogP contribution >= 0.6 is 0 Å². The van der Waals surface area contributed by atoms with Crippen LogP contribution in [-0.2, 0) is 4.79 Å². The number of methoxy groups -OCH3 is 1. The summed E-state index contributed by atoms with van der Waals surface area (Å²) in [4.78, 5) is 12.2. The molecule has 4 nitrogen and oxygen atoms in total. The van der Waals surface area contributed by atoms with E-state index in [1.54, 1.807) is 13.2 Å². The molecule has 0 saturated carbocycles. The zero-order valence-electron chi connectivity index (χ0n) is 13.0. The van der Waals surface area contributed by atoms with E-state index in [1.165, 1.54) is 0 Å². The number of rotatable bonds is 7. The second kappa shape index (κ2) is 7.78. The van der Waals surface area contributed by atoms with E-state index < -0.39 is 6.10 Å². The summed E-state index contributed by atoms with van der Waals surface area (Å²) in [5, 5.41) is 2.98. The van der Waals surface area contributed by atoms with Gasteiger partial charge in [-0.3, -0.25) is 4.79 Å². The van der Waals surface area contributed by atoms with Crippen molar-refractivity contribution in [3.8, 4) is 11.5 Å². The Morgan fingerprint density at radius 3 is 2.45 bits per heavy atom. The topological polar surface area (TPSA) is 47.6 Å². The minimum Gasteiger partial charge on any atom is -0.497 e. The molecule has 0 aliphatic carbocycles. The summed E-state index contributed by atoms with van der Waals surface area (Å²) in [5.41, 5.74) is 0. The fourth-order valence-corrected chi connectivity index (χ4v) is 1.65. The van der Waals surface area contributed by atoms with Crippen molar-refractivity contribution >= 4 is 5.91 Å². The van der Waals surface area contributed by atoms with Crippen LogP contribution in [0.5, 0.6) is 11.5 Å². The van der Waals surface area contributed by atoms with Gasteiger partial charge in [0, 0.05) is 12.1 Å². The van der Waals surface area contributed by atoms with Gasteiger partial charge in [0.05, 0.1) is 7.11 Å². The number of nitrogens with one attached hydrogen (secondary N) is 1. The van der Waals surface area contributed by atoms with Gasteiger partial charge < -0.3 is 14.8 Å². The van der Waals surface area contributed by atoms with E-state index in [0.717, 1.165) is 0 Å². The number of hydrogen-bond acceptors (Lipinski definition) is 3. The third-order valence-electron chi connectivity index (χ3n) is 3.35. The lowest BCUT2D eigenvalue weighted by atomic mass is 10.1. The van der Waals surface area contributed by atoms with Crippen molar-refractivity contribution < 1.29 is 14.3 Å². The Bertz CT molecular complexity index is 431. The first-order chi connectivity index (χ1) is 9.47. The van der Waals surface area contributed by atoms with Crippen molar-refractivity contribution in [1.82, 2.24) is 5.32 Å². The molecule has 4 heteroatoms. The molecule has 0 heterocycles. The second-order valence-electron chi connectivity index (χ2n) is 5.24. The predicted octanol–water partition coefficient (Wildman–Crippen LogP) is 3.01. The lowest BCUT2D eigenvalue weighted by Gasteiger charge is -2.22. The third-order valence-corrected chi connectivity index (χ3v) is 3.35. The number of ether oxygens (including phenoxy) is 2. The molecule has 20 heavy (non-hydrogen) atoms. The number of carbonyl (C=O) groups excluding carboxylic acids is 1. The van der Waals surface area contributed by atoms with Crippen LogP contribution in [0.2, 0.25) is 0 Å². The number of carbonyl (C=O) groups is 1. The highest BCUT2D eigenvalue weighted by molar-refractivity contribution is 5.81. The number of hydrogen-bond donors (Lipinski definition) is 1.